The standard InChI is InChI=1S/C20H18ClN3O4S2/c1-3-24-17-5-4-13(30(22,26)27)8-16(17)23-20(24)29-10-12-7-19(25)28-18-6-11(2)15(21)9-14(12)18/h4-9H,3,10H2,1-2H3,(H2,22,26,27). The highest BCUT2D eigenvalue weighted by atomic mass is 35.5. The summed E-state index contributed by atoms with van der Waals surface area (Å²) in [4.78, 5) is 16.6. The summed E-state index contributed by atoms with van der Waals surface area (Å²) in [7, 11) is -3.81. The Bertz CT molecular complexity index is 1460. The van der Waals surface area contributed by atoms with Crippen molar-refractivity contribution in [2.24, 2.45) is 5.14 Å². The van der Waals surface area contributed by atoms with Crippen molar-refractivity contribution in [1.82, 2.24) is 9.55 Å². The molecule has 0 fully saturated rings. The molecule has 0 atom stereocenters. The topological polar surface area (TPSA) is 108 Å². The third-order valence-corrected chi connectivity index (χ3v) is 7.14. The van der Waals surface area contributed by atoms with E-state index in [4.69, 9.17) is 21.2 Å². The molecule has 2 aromatic carbocycles. The SMILES string of the molecule is CCn1c(SCc2cc(=O)oc3cc(C)c(Cl)cc23)nc2cc(S(N)(=O)=O)ccc21. The van der Waals surface area contributed by atoms with Crippen LogP contribution in [0.4, 0.5) is 0 Å². The number of hydrogen-bond acceptors (Lipinski definition) is 6. The first-order chi connectivity index (χ1) is 14.2. The van der Waals surface area contributed by atoms with E-state index < -0.39 is 15.6 Å². The minimum Gasteiger partial charge on any atom is -0.423 e. The van der Waals surface area contributed by atoms with Crippen LogP contribution in [0, 0.1) is 6.92 Å². The molecule has 4 rings (SSSR count). The van der Waals surface area contributed by atoms with Crippen LogP contribution in [-0.4, -0.2) is 18.0 Å². The van der Waals surface area contributed by atoms with Crippen molar-refractivity contribution in [2.45, 2.75) is 36.2 Å². The molecule has 0 radical (unpaired) electrons. The Morgan fingerprint density at radius 2 is 2.00 bits per heavy atom. The van der Waals surface area contributed by atoms with Crippen LogP contribution in [-0.2, 0) is 22.3 Å². The van der Waals surface area contributed by atoms with Gasteiger partial charge in [-0.15, -0.1) is 0 Å². The number of sulfonamides is 1. The zero-order valence-corrected chi connectivity index (χ0v) is 18.6. The summed E-state index contributed by atoms with van der Waals surface area (Å²) in [5.74, 6) is 0.465. The van der Waals surface area contributed by atoms with E-state index in [1.807, 2.05) is 18.4 Å². The average molecular weight is 464 g/mol. The Morgan fingerprint density at radius 3 is 2.70 bits per heavy atom. The van der Waals surface area contributed by atoms with E-state index in [1.165, 1.54) is 30.0 Å². The lowest BCUT2D eigenvalue weighted by Crippen LogP contribution is -2.11. The molecule has 0 saturated carbocycles. The molecule has 10 heteroatoms. The highest BCUT2D eigenvalue weighted by Crippen LogP contribution is 2.31. The van der Waals surface area contributed by atoms with Crippen LogP contribution < -0.4 is 10.8 Å². The Hall–Kier alpha value is -2.33. The summed E-state index contributed by atoms with van der Waals surface area (Å²) in [6, 6.07) is 9.65. The van der Waals surface area contributed by atoms with Crippen molar-refractivity contribution in [3.8, 4) is 0 Å². The minimum absolute atomic E-state index is 0.0176. The van der Waals surface area contributed by atoms with Crippen LogP contribution in [0.15, 0.2) is 55.7 Å². The summed E-state index contributed by atoms with van der Waals surface area (Å²) < 4.78 is 30.6. The van der Waals surface area contributed by atoms with E-state index in [0.717, 1.165) is 22.0 Å². The zero-order valence-electron chi connectivity index (χ0n) is 16.2. The van der Waals surface area contributed by atoms with Gasteiger partial charge >= 0.3 is 5.63 Å². The summed E-state index contributed by atoms with van der Waals surface area (Å²) in [6.45, 7) is 4.48. The molecule has 0 bridgehead atoms. The van der Waals surface area contributed by atoms with Gasteiger partial charge < -0.3 is 8.98 Å². The fraction of sp³-hybridized carbons (Fsp3) is 0.200. The van der Waals surface area contributed by atoms with Gasteiger partial charge in [0.05, 0.1) is 15.9 Å². The maximum absolute atomic E-state index is 12.0. The van der Waals surface area contributed by atoms with E-state index in [0.29, 0.717) is 33.6 Å². The molecule has 30 heavy (non-hydrogen) atoms. The second-order valence-corrected chi connectivity index (χ2v) is 9.72. The van der Waals surface area contributed by atoms with Crippen LogP contribution in [0.1, 0.15) is 18.1 Å². The van der Waals surface area contributed by atoms with Gasteiger partial charge in [-0.05, 0) is 55.3 Å². The van der Waals surface area contributed by atoms with E-state index in [-0.39, 0.29) is 4.90 Å². The molecule has 2 N–H and O–H groups in total. The van der Waals surface area contributed by atoms with Gasteiger partial charge in [-0.2, -0.15) is 0 Å². The van der Waals surface area contributed by atoms with Gasteiger partial charge in [0.1, 0.15) is 5.58 Å². The molecule has 0 unspecified atom stereocenters. The quantitative estimate of drug-likeness (QED) is 0.353. The Morgan fingerprint density at radius 1 is 1.23 bits per heavy atom. The predicted octanol–water partition coefficient (Wildman–Crippen LogP) is 4.06. The normalized spacial score (nSPS) is 12.1. The van der Waals surface area contributed by atoms with Gasteiger partial charge in [0.15, 0.2) is 5.16 Å². The van der Waals surface area contributed by atoms with Gasteiger partial charge in [0.25, 0.3) is 0 Å². The largest absolute Gasteiger partial charge is 0.423 e. The number of fused-ring (bicyclic) bond motifs is 2. The monoisotopic (exact) mass is 463 g/mol. The van der Waals surface area contributed by atoms with Gasteiger partial charge in [-0.1, -0.05) is 23.4 Å². The van der Waals surface area contributed by atoms with Crippen molar-refractivity contribution >= 4 is 55.4 Å². The maximum atomic E-state index is 12.0. The molecule has 7 nitrogen and oxygen atoms in total. The van der Waals surface area contributed by atoms with Crippen LogP contribution in [0.25, 0.3) is 22.0 Å². The van der Waals surface area contributed by atoms with E-state index >= 15 is 0 Å². The number of rotatable bonds is 5. The molecule has 0 aliphatic carbocycles. The number of nitrogens with two attached hydrogens (primary N) is 1. The highest BCUT2D eigenvalue weighted by Gasteiger charge is 2.16. The van der Waals surface area contributed by atoms with Crippen LogP contribution in [0.2, 0.25) is 5.02 Å². The molecular weight excluding hydrogens is 446 g/mol. The lowest BCUT2D eigenvalue weighted by molar-refractivity contribution is 0.559. The highest BCUT2D eigenvalue weighted by molar-refractivity contribution is 7.98. The summed E-state index contributed by atoms with van der Waals surface area (Å²) >= 11 is 7.71. The lowest BCUT2D eigenvalue weighted by atomic mass is 10.1. The third kappa shape index (κ3) is 3.85. The molecule has 0 saturated heterocycles. The van der Waals surface area contributed by atoms with Gasteiger partial charge in [-0.25, -0.2) is 23.3 Å². The number of thioether (sulfide) groups is 1. The van der Waals surface area contributed by atoms with E-state index in [2.05, 4.69) is 4.98 Å². The summed E-state index contributed by atoms with van der Waals surface area (Å²) in [5.41, 5.74) is 3.03. The van der Waals surface area contributed by atoms with Crippen LogP contribution >= 0.6 is 23.4 Å². The number of primary sulfonamides is 1. The number of nitrogens with zero attached hydrogens (tertiary/aromatic N) is 2. The number of aromatic nitrogens is 2. The summed E-state index contributed by atoms with van der Waals surface area (Å²) in [6.07, 6.45) is 0. The number of halogens is 1. The van der Waals surface area contributed by atoms with Gasteiger partial charge in [0, 0.05) is 28.8 Å². The first kappa shape index (κ1) is 20.9. The Balaban J connectivity index is 1.75. The number of hydrogen-bond donors (Lipinski definition) is 1. The smallest absolute Gasteiger partial charge is 0.336 e. The third-order valence-electron chi connectivity index (χ3n) is 4.80. The van der Waals surface area contributed by atoms with Crippen molar-refractivity contribution in [3.05, 3.63) is 63.0 Å². The average Bonchev–Trinajstić information content (AvgIpc) is 3.03. The number of imidazole rings is 1. The molecule has 0 amide bonds. The second-order valence-electron chi connectivity index (χ2n) is 6.81. The fourth-order valence-corrected chi connectivity index (χ4v) is 5.06. The maximum Gasteiger partial charge on any atom is 0.336 e. The van der Waals surface area contributed by atoms with Gasteiger partial charge in [-0.3, -0.25) is 0 Å². The molecule has 4 aromatic rings. The van der Waals surface area contributed by atoms with Gasteiger partial charge in [0.2, 0.25) is 10.0 Å². The fourth-order valence-electron chi connectivity index (χ4n) is 3.29. The van der Waals surface area contributed by atoms with E-state index in [1.54, 1.807) is 18.2 Å². The molecular formula is C20H18ClN3O4S2. The first-order valence-electron chi connectivity index (χ1n) is 9.06. The molecule has 156 valence electrons. The van der Waals surface area contributed by atoms with Crippen molar-refractivity contribution < 1.29 is 12.8 Å². The Labute approximate surface area is 181 Å². The predicted molar refractivity (Wildman–Crippen MR) is 119 cm³/mol. The molecule has 0 aliphatic heterocycles. The van der Waals surface area contributed by atoms with Crippen molar-refractivity contribution in [3.63, 3.8) is 0 Å². The second kappa shape index (κ2) is 7.73. The number of benzene rings is 2. The Kier molecular flexibility index (Phi) is 5.39. The zero-order chi connectivity index (χ0) is 21.6. The lowest BCUT2D eigenvalue weighted by Gasteiger charge is -2.08. The van der Waals surface area contributed by atoms with Crippen molar-refractivity contribution in [2.75, 3.05) is 0 Å². The van der Waals surface area contributed by atoms with Crippen LogP contribution in [0.3, 0.4) is 0 Å². The van der Waals surface area contributed by atoms with Crippen LogP contribution in [0.5, 0.6) is 0 Å². The van der Waals surface area contributed by atoms with E-state index in [9.17, 15) is 13.2 Å². The minimum atomic E-state index is -3.81. The molecule has 0 spiro atoms. The molecule has 2 heterocycles. The first-order valence-corrected chi connectivity index (χ1v) is 12.0. The molecule has 0 aliphatic rings. The van der Waals surface area contributed by atoms with Crippen molar-refractivity contribution in [1.29, 1.82) is 0 Å². The molecule has 2 aromatic heterocycles. The number of aryl methyl sites for hydroxylation is 2. The summed E-state index contributed by atoms with van der Waals surface area (Å²) in [5, 5.41) is 7.31.